The van der Waals surface area contributed by atoms with Crippen LogP contribution in [0.4, 0.5) is 0 Å². The molecule has 84 valence electrons. The Kier molecular flexibility index (Phi) is 2.75. The third-order valence-corrected chi connectivity index (χ3v) is 2.87. The number of imide groups is 1. The molecular weight excluding hydrogens is 196 g/mol. The minimum Gasteiger partial charge on any atom is -0.374 e. The van der Waals surface area contributed by atoms with Crippen LogP contribution in [0.3, 0.4) is 0 Å². The molecule has 5 nitrogen and oxygen atoms in total. The van der Waals surface area contributed by atoms with Gasteiger partial charge in [-0.1, -0.05) is 0 Å². The fraction of sp³-hybridized carbons (Fsp3) is 0.800. The Balaban J connectivity index is 1.93. The summed E-state index contributed by atoms with van der Waals surface area (Å²) in [6.07, 6.45) is 2.06. The molecule has 0 aliphatic carbocycles. The molecule has 0 spiro atoms. The smallest absolute Gasteiger partial charge is 0.240 e. The Labute approximate surface area is 88.8 Å². The molecule has 0 radical (unpaired) electrons. The predicted molar refractivity (Wildman–Crippen MR) is 53.2 cm³/mol. The van der Waals surface area contributed by atoms with E-state index in [2.05, 4.69) is 5.32 Å². The van der Waals surface area contributed by atoms with Crippen LogP contribution in [0.1, 0.15) is 19.8 Å². The summed E-state index contributed by atoms with van der Waals surface area (Å²) in [5.74, 6) is -0.430. The number of piperazine rings is 1. The molecule has 2 saturated heterocycles. The Bertz CT molecular complexity index is 268. The first-order chi connectivity index (χ1) is 7.07. The fourth-order valence-corrected chi connectivity index (χ4v) is 2.24. The van der Waals surface area contributed by atoms with Crippen molar-refractivity contribution in [3.63, 3.8) is 0 Å². The number of carbonyl (C=O) groups excluding carboxylic acids is 2. The second-order valence-corrected chi connectivity index (χ2v) is 4.52. The minimum atomic E-state index is -0.215. The van der Waals surface area contributed by atoms with Crippen molar-refractivity contribution in [3.8, 4) is 0 Å². The van der Waals surface area contributed by atoms with Crippen LogP contribution in [0, 0.1) is 0 Å². The van der Waals surface area contributed by atoms with Crippen molar-refractivity contribution < 1.29 is 14.3 Å². The number of hydrogen-bond donors (Lipinski definition) is 1. The van der Waals surface area contributed by atoms with Crippen molar-refractivity contribution in [2.75, 3.05) is 26.2 Å². The summed E-state index contributed by atoms with van der Waals surface area (Å²) in [5.41, 5.74) is -0.183. The Morgan fingerprint density at radius 1 is 1.40 bits per heavy atom. The number of hydrogen-bond acceptors (Lipinski definition) is 4. The van der Waals surface area contributed by atoms with E-state index in [0.717, 1.165) is 19.4 Å². The number of rotatable bonds is 2. The van der Waals surface area contributed by atoms with E-state index in [1.165, 1.54) is 0 Å². The normalized spacial score (nSPS) is 33.1. The van der Waals surface area contributed by atoms with Gasteiger partial charge in [0.1, 0.15) is 0 Å². The van der Waals surface area contributed by atoms with Gasteiger partial charge in [-0.2, -0.15) is 0 Å². The SMILES string of the molecule is CC1(CN2CC(=O)NC(=O)C2)CCCO1. The van der Waals surface area contributed by atoms with Crippen LogP contribution < -0.4 is 5.32 Å². The first-order valence-electron chi connectivity index (χ1n) is 5.26. The average Bonchev–Trinajstić information content (AvgIpc) is 2.49. The molecule has 1 N–H and O–H groups in total. The van der Waals surface area contributed by atoms with Gasteiger partial charge >= 0.3 is 0 Å². The van der Waals surface area contributed by atoms with Crippen LogP contribution in [-0.2, 0) is 14.3 Å². The maximum absolute atomic E-state index is 11.1. The van der Waals surface area contributed by atoms with Gasteiger partial charge < -0.3 is 4.74 Å². The van der Waals surface area contributed by atoms with Gasteiger partial charge in [-0.25, -0.2) is 0 Å². The molecule has 1 unspecified atom stereocenters. The van der Waals surface area contributed by atoms with Gasteiger partial charge in [0, 0.05) is 13.2 Å². The largest absolute Gasteiger partial charge is 0.374 e. The average molecular weight is 212 g/mol. The van der Waals surface area contributed by atoms with Crippen LogP contribution in [0.15, 0.2) is 0 Å². The lowest BCUT2D eigenvalue weighted by molar-refractivity contribution is -0.137. The maximum atomic E-state index is 11.1. The standard InChI is InChI=1S/C10H16N2O3/c1-10(3-2-4-15-10)7-12-5-8(13)11-9(14)6-12/h2-7H2,1H3,(H,11,13,14). The molecule has 2 amide bonds. The van der Waals surface area contributed by atoms with E-state index in [1.54, 1.807) is 0 Å². The molecule has 1 atom stereocenters. The number of nitrogens with zero attached hydrogens (tertiary/aromatic N) is 1. The minimum absolute atomic E-state index is 0.183. The Morgan fingerprint density at radius 3 is 2.60 bits per heavy atom. The van der Waals surface area contributed by atoms with E-state index in [1.807, 2.05) is 11.8 Å². The van der Waals surface area contributed by atoms with E-state index < -0.39 is 0 Å². The molecule has 2 aliphatic heterocycles. The summed E-state index contributed by atoms with van der Waals surface area (Å²) in [6.45, 7) is 4.07. The molecule has 0 aromatic heterocycles. The van der Waals surface area contributed by atoms with Crippen LogP contribution in [0.2, 0.25) is 0 Å². The molecule has 2 heterocycles. The topological polar surface area (TPSA) is 58.6 Å². The third kappa shape index (κ3) is 2.54. The molecule has 0 aromatic carbocycles. The molecule has 0 saturated carbocycles. The molecule has 2 rings (SSSR count). The molecule has 2 aliphatic rings. The van der Waals surface area contributed by atoms with Crippen molar-refractivity contribution in [2.45, 2.75) is 25.4 Å². The lowest BCUT2D eigenvalue weighted by atomic mass is 10.0. The van der Waals surface area contributed by atoms with Crippen molar-refractivity contribution in [1.29, 1.82) is 0 Å². The van der Waals surface area contributed by atoms with E-state index in [9.17, 15) is 9.59 Å². The summed E-state index contributed by atoms with van der Waals surface area (Å²) in [6, 6.07) is 0. The number of carbonyl (C=O) groups is 2. The Morgan fingerprint density at radius 2 is 2.07 bits per heavy atom. The van der Waals surface area contributed by atoms with Crippen molar-refractivity contribution in [1.82, 2.24) is 10.2 Å². The quantitative estimate of drug-likeness (QED) is 0.628. The zero-order valence-electron chi connectivity index (χ0n) is 8.91. The van der Waals surface area contributed by atoms with Crippen LogP contribution >= 0.6 is 0 Å². The molecule has 0 aromatic rings. The summed E-state index contributed by atoms with van der Waals surface area (Å²) in [7, 11) is 0. The summed E-state index contributed by atoms with van der Waals surface area (Å²) in [4.78, 5) is 24.1. The third-order valence-electron chi connectivity index (χ3n) is 2.87. The van der Waals surface area contributed by atoms with E-state index in [4.69, 9.17) is 4.74 Å². The second-order valence-electron chi connectivity index (χ2n) is 4.52. The highest BCUT2D eigenvalue weighted by Crippen LogP contribution is 2.26. The summed E-state index contributed by atoms with van der Waals surface area (Å²) in [5, 5.41) is 2.29. The van der Waals surface area contributed by atoms with Crippen molar-refractivity contribution in [2.24, 2.45) is 0 Å². The predicted octanol–water partition coefficient (Wildman–Crippen LogP) is -0.486. The highest BCUT2D eigenvalue weighted by molar-refractivity contribution is 5.99. The van der Waals surface area contributed by atoms with Crippen LogP contribution in [0.25, 0.3) is 0 Å². The number of nitrogens with one attached hydrogen (secondary N) is 1. The van der Waals surface area contributed by atoms with Gasteiger partial charge in [0.05, 0.1) is 18.7 Å². The van der Waals surface area contributed by atoms with Gasteiger partial charge in [-0.05, 0) is 19.8 Å². The van der Waals surface area contributed by atoms with Crippen LogP contribution in [0.5, 0.6) is 0 Å². The second kappa shape index (κ2) is 3.90. The lowest BCUT2D eigenvalue weighted by Crippen LogP contribution is -2.54. The van der Waals surface area contributed by atoms with E-state index in [-0.39, 0.29) is 17.4 Å². The molecule has 15 heavy (non-hydrogen) atoms. The number of ether oxygens (including phenoxy) is 1. The monoisotopic (exact) mass is 212 g/mol. The maximum Gasteiger partial charge on any atom is 0.240 e. The van der Waals surface area contributed by atoms with Gasteiger partial charge in [-0.15, -0.1) is 0 Å². The summed E-state index contributed by atoms with van der Waals surface area (Å²) < 4.78 is 5.63. The highest BCUT2D eigenvalue weighted by Gasteiger charge is 2.34. The molecular formula is C10H16N2O3. The zero-order chi connectivity index (χ0) is 10.9. The van der Waals surface area contributed by atoms with Gasteiger partial charge in [-0.3, -0.25) is 19.8 Å². The van der Waals surface area contributed by atoms with Gasteiger partial charge in [0.15, 0.2) is 0 Å². The van der Waals surface area contributed by atoms with E-state index in [0.29, 0.717) is 19.6 Å². The van der Waals surface area contributed by atoms with Gasteiger partial charge in [0.2, 0.25) is 11.8 Å². The first kappa shape index (κ1) is 10.6. The molecule has 0 bridgehead atoms. The van der Waals surface area contributed by atoms with Crippen LogP contribution in [-0.4, -0.2) is 48.6 Å². The highest BCUT2D eigenvalue weighted by atomic mass is 16.5. The van der Waals surface area contributed by atoms with Gasteiger partial charge in [0.25, 0.3) is 0 Å². The van der Waals surface area contributed by atoms with Crippen molar-refractivity contribution in [3.05, 3.63) is 0 Å². The zero-order valence-corrected chi connectivity index (χ0v) is 8.91. The van der Waals surface area contributed by atoms with E-state index >= 15 is 0 Å². The lowest BCUT2D eigenvalue weighted by Gasteiger charge is -2.32. The van der Waals surface area contributed by atoms with Crippen molar-refractivity contribution >= 4 is 11.8 Å². The fourth-order valence-electron chi connectivity index (χ4n) is 2.24. The number of amides is 2. The molecule has 5 heteroatoms. The molecule has 2 fully saturated rings. The summed E-state index contributed by atoms with van der Waals surface area (Å²) >= 11 is 0. The Hall–Kier alpha value is -0.940. The first-order valence-corrected chi connectivity index (χ1v) is 5.26.